The molecule has 0 bridgehead atoms. The van der Waals surface area contributed by atoms with Crippen molar-refractivity contribution in [3.63, 3.8) is 0 Å². The van der Waals surface area contributed by atoms with E-state index in [-0.39, 0.29) is 5.97 Å². The summed E-state index contributed by atoms with van der Waals surface area (Å²) in [5.74, 6) is 1.11. The Hall–Kier alpha value is -1.71. The highest BCUT2D eigenvalue weighted by molar-refractivity contribution is 5.93. The van der Waals surface area contributed by atoms with Crippen molar-refractivity contribution in [1.29, 1.82) is 0 Å². The molecule has 0 amide bonds. The third kappa shape index (κ3) is 3.00. The van der Waals surface area contributed by atoms with Gasteiger partial charge in [0.2, 0.25) is 0 Å². The van der Waals surface area contributed by atoms with Gasteiger partial charge in [0, 0.05) is 12.0 Å². The fourth-order valence-electron chi connectivity index (χ4n) is 2.21. The molecule has 0 saturated heterocycles. The van der Waals surface area contributed by atoms with Crippen LogP contribution in [-0.4, -0.2) is 26.3 Å². The maximum Gasteiger partial charge on any atom is 0.338 e. The maximum absolute atomic E-state index is 11.7. The zero-order valence-electron chi connectivity index (χ0n) is 11.5. The minimum atomic E-state index is -0.276. The molecular weight excluding hydrogens is 244 g/mol. The van der Waals surface area contributed by atoms with Gasteiger partial charge in [-0.2, -0.15) is 0 Å². The van der Waals surface area contributed by atoms with Gasteiger partial charge in [-0.1, -0.05) is 19.8 Å². The Morgan fingerprint density at radius 2 is 2.16 bits per heavy atom. The van der Waals surface area contributed by atoms with Crippen LogP contribution in [0.1, 0.15) is 42.1 Å². The summed E-state index contributed by atoms with van der Waals surface area (Å²) < 4.78 is 16.2. The van der Waals surface area contributed by atoms with Gasteiger partial charge < -0.3 is 14.2 Å². The van der Waals surface area contributed by atoms with E-state index in [0.717, 1.165) is 24.8 Å². The second kappa shape index (κ2) is 6.45. The van der Waals surface area contributed by atoms with Crippen molar-refractivity contribution in [3.05, 3.63) is 23.3 Å². The van der Waals surface area contributed by atoms with E-state index in [4.69, 9.17) is 14.2 Å². The average Bonchev–Trinajstić information content (AvgIpc) is 2.44. The van der Waals surface area contributed by atoms with Crippen LogP contribution in [-0.2, 0) is 11.2 Å². The first-order chi connectivity index (χ1) is 9.27. The molecular formula is C15H20O4. The molecule has 1 aromatic rings. The molecule has 1 aliphatic rings. The third-order valence-corrected chi connectivity index (χ3v) is 3.24. The van der Waals surface area contributed by atoms with E-state index in [1.54, 1.807) is 19.2 Å². The molecule has 0 radical (unpaired) electrons. The van der Waals surface area contributed by atoms with Crippen molar-refractivity contribution in [2.24, 2.45) is 0 Å². The number of fused-ring (bicyclic) bond motifs is 1. The quantitative estimate of drug-likeness (QED) is 0.585. The molecule has 1 aromatic carbocycles. The second-order valence-corrected chi connectivity index (χ2v) is 4.56. The number of ether oxygens (including phenoxy) is 3. The van der Waals surface area contributed by atoms with Crippen LogP contribution in [0, 0.1) is 0 Å². The van der Waals surface area contributed by atoms with Crippen molar-refractivity contribution in [2.45, 2.75) is 32.6 Å². The largest absolute Gasteiger partial charge is 0.493 e. The molecule has 19 heavy (non-hydrogen) atoms. The fraction of sp³-hybridized carbons (Fsp3) is 0.533. The molecule has 1 aliphatic heterocycles. The number of carbonyl (C=O) groups is 1. The molecule has 0 fully saturated rings. The van der Waals surface area contributed by atoms with Crippen molar-refractivity contribution >= 4 is 5.97 Å². The first-order valence-electron chi connectivity index (χ1n) is 6.77. The lowest BCUT2D eigenvalue weighted by atomic mass is 10.0. The summed E-state index contributed by atoms with van der Waals surface area (Å²) in [6.07, 6.45) is 3.98. The van der Waals surface area contributed by atoms with Crippen LogP contribution in [0.25, 0.3) is 0 Å². The molecule has 2 rings (SSSR count). The summed E-state index contributed by atoms with van der Waals surface area (Å²) in [6, 6.07) is 3.51. The zero-order chi connectivity index (χ0) is 13.7. The Balaban J connectivity index is 2.23. The number of carbonyl (C=O) groups excluding carboxylic acids is 1. The molecule has 0 spiro atoms. The van der Waals surface area contributed by atoms with Crippen molar-refractivity contribution in [3.8, 4) is 11.5 Å². The Morgan fingerprint density at radius 1 is 1.32 bits per heavy atom. The highest BCUT2D eigenvalue weighted by atomic mass is 16.5. The summed E-state index contributed by atoms with van der Waals surface area (Å²) in [4.78, 5) is 11.7. The molecule has 0 N–H and O–H groups in total. The number of methoxy groups -OCH3 is 1. The first-order valence-corrected chi connectivity index (χ1v) is 6.77. The smallest absolute Gasteiger partial charge is 0.338 e. The van der Waals surface area contributed by atoms with Gasteiger partial charge in [-0.3, -0.25) is 0 Å². The Labute approximate surface area is 113 Å². The van der Waals surface area contributed by atoms with Crippen LogP contribution >= 0.6 is 0 Å². The van der Waals surface area contributed by atoms with Gasteiger partial charge in [0.1, 0.15) is 0 Å². The molecule has 104 valence electrons. The van der Waals surface area contributed by atoms with Gasteiger partial charge in [-0.05, 0) is 18.6 Å². The Morgan fingerprint density at radius 3 is 2.89 bits per heavy atom. The first kappa shape index (κ1) is 13.7. The number of hydrogen-bond donors (Lipinski definition) is 0. The molecule has 0 unspecified atom stereocenters. The lowest BCUT2D eigenvalue weighted by Crippen LogP contribution is -2.19. The molecule has 4 heteroatoms. The number of hydrogen-bond acceptors (Lipinski definition) is 4. The zero-order valence-corrected chi connectivity index (χ0v) is 11.5. The van der Waals surface area contributed by atoms with E-state index < -0.39 is 0 Å². The van der Waals surface area contributed by atoms with Gasteiger partial charge in [-0.15, -0.1) is 0 Å². The van der Waals surface area contributed by atoms with Gasteiger partial charge in [-0.25, -0.2) is 4.79 Å². The number of unbranched alkanes of at least 4 members (excludes halogenated alkanes) is 2. The second-order valence-electron chi connectivity index (χ2n) is 4.56. The van der Waals surface area contributed by atoms with E-state index >= 15 is 0 Å². The van der Waals surface area contributed by atoms with Gasteiger partial charge in [0.05, 0.1) is 25.9 Å². The predicted octanol–water partition coefficient (Wildman–Crippen LogP) is 2.98. The molecule has 1 heterocycles. The van der Waals surface area contributed by atoms with E-state index in [9.17, 15) is 4.79 Å². The minimum absolute atomic E-state index is 0.276. The number of rotatable bonds is 6. The minimum Gasteiger partial charge on any atom is -0.493 e. The SMILES string of the molecule is CCCCCOc1c(OC)ccc2c1CCOC2=O. The normalized spacial score (nSPS) is 13.7. The van der Waals surface area contributed by atoms with Gasteiger partial charge in [0.25, 0.3) is 0 Å². The predicted molar refractivity (Wildman–Crippen MR) is 72.0 cm³/mol. The lowest BCUT2D eigenvalue weighted by molar-refractivity contribution is 0.0477. The number of benzene rings is 1. The van der Waals surface area contributed by atoms with Gasteiger partial charge >= 0.3 is 5.97 Å². The molecule has 0 aromatic heterocycles. The third-order valence-electron chi connectivity index (χ3n) is 3.24. The lowest BCUT2D eigenvalue weighted by Gasteiger charge is -2.21. The summed E-state index contributed by atoms with van der Waals surface area (Å²) in [7, 11) is 1.61. The van der Waals surface area contributed by atoms with Crippen LogP contribution < -0.4 is 9.47 Å². The number of cyclic esters (lactones) is 1. The van der Waals surface area contributed by atoms with Crippen molar-refractivity contribution < 1.29 is 19.0 Å². The van der Waals surface area contributed by atoms with E-state index in [1.165, 1.54) is 0 Å². The topological polar surface area (TPSA) is 44.8 Å². The van der Waals surface area contributed by atoms with Crippen molar-refractivity contribution in [1.82, 2.24) is 0 Å². The molecule has 0 aliphatic carbocycles. The van der Waals surface area contributed by atoms with E-state index in [0.29, 0.717) is 36.7 Å². The summed E-state index contributed by atoms with van der Waals surface area (Å²) in [5.41, 5.74) is 1.50. The standard InChI is InChI=1S/C15H20O4/c1-3-4-5-9-18-14-11-8-10-19-15(16)12(11)6-7-13(14)17-2/h6-7H,3-5,8-10H2,1-2H3. The monoisotopic (exact) mass is 264 g/mol. The molecule has 4 nitrogen and oxygen atoms in total. The Kier molecular flexibility index (Phi) is 4.66. The van der Waals surface area contributed by atoms with Crippen LogP contribution in [0.15, 0.2) is 12.1 Å². The summed E-state index contributed by atoms with van der Waals surface area (Å²) in [5, 5.41) is 0. The van der Waals surface area contributed by atoms with Crippen LogP contribution in [0.3, 0.4) is 0 Å². The van der Waals surface area contributed by atoms with Crippen LogP contribution in [0.5, 0.6) is 11.5 Å². The maximum atomic E-state index is 11.7. The Bertz CT molecular complexity index is 454. The van der Waals surface area contributed by atoms with E-state index in [2.05, 4.69) is 6.92 Å². The van der Waals surface area contributed by atoms with Crippen molar-refractivity contribution in [2.75, 3.05) is 20.3 Å². The average molecular weight is 264 g/mol. The number of esters is 1. The van der Waals surface area contributed by atoms with E-state index in [1.807, 2.05) is 0 Å². The highest BCUT2D eigenvalue weighted by Crippen LogP contribution is 2.36. The summed E-state index contributed by atoms with van der Waals surface area (Å²) in [6.45, 7) is 3.21. The van der Waals surface area contributed by atoms with Crippen LogP contribution in [0.2, 0.25) is 0 Å². The summed E-state index contributed by atoms with van der Waals surface area (Å²) >= 11 is 0. The van der Waals surface area contributed by atoms with Gasteiger partial charge in [0.15, 0.2) is 11.5 Å². The van der Waals surface area contributed by atoms with Crippen LogP contribution in [0.4, 0.5) is 0 Å². The molecule has 0 atom stereocenters. The highest BCUT2D eigenvalue weighted by Gasteiger charge is 2.24. The fourth-order valence-corrected chi connectivity index (χ4v) is 2.21. The molecule has 0 saturated carbocycles.